The van der Waals surface area contributed by atoms with Crippen molar-refractivity contribution in [3.8, 4) is 0 Å². The van der Waals surface area contributed by atoms with E-state index in [9.17, 15) is 27.2 Å². The van der Waals surface area contributed by atoms with Gasteiger partial charge in [-0.05, 0) is 30.7 Å². The summed E-state index contributed by atoms with van der Waals surface area (Å²) < 4.78 is 53.3. The highest BCUT2D eigenvalue weighted by Crippen LogP contribution is 2.33. The van der Waals surface area contributed by atoms with Crippen LogP contribution in [0.15, 0.2) is 42.7 Å². The second-order valence-corrected chi connectivity index (χ2v) is 7.73. The van der Waals surface area contributed by atoms with Gasteiger partial charge in [-0.15, -0.1) is 0 Å². The average molecular weight is 499 g/mol. The lowest BCUT2D eigenvalue weighted by Crippen LogP contribution is -2.50. The van der Waals surface area contributed by atoms with Crippen LogP contribution in [0.2, 0.25) is 5.02 Å². The smallest absolute Gasteiger partial charge is 0.275 e. The van der Waals surface area contributed by atoms with Gasteiger partial charge in [-0.3, -0.25) is 19.4 Å². The fourth-order valence-electron chi connectivity index (χ4n) is 3.05. The lowest BCUT2D eigenvalue weighted by Gasteiger charge is -2.26. The molecule has 8 nitrogen and oxygen atoms in total. The number of amides is 3. The van der Waals surface area contributed by atoms with Gasteiger partial charge >= 0.3 is 12.2 Å². The van der Waals surface area contributed by atoms with Crippen molar-refractivity contribution >= 4 is 29.4 Å². The third-order valence-electron chi connectivity index (χ3n) is 4.72. The predicted molar refractivity (Wildman–Crippen MR) is 115 cm³/mol. The molecule has 0 unspecified atom stereocenters. The fraction of sp³-hybridized carbons (Fsp3) is 0.238. The summed E-state index contributed by atoms with van der Waals surface area (Å²) in [4.78, 5) is 30.8. The van der Waals surface area contributed by atoms with Gasteiger partial charge in [0.25, 0.3) is 5.91 Å². The molecule has 13 heteroatoms. The van der Waals surface area contributed by atoms with E-state index in [0.29, 0.717) is 23.5 Å². The van der Waals surface area contributed by atoms with Crippen LogP contribution in [-0.4, -0.2) is 38.7 Å². The van der Waals surface area contributed by atoms with Gasteiger partial charge in [-0.1, -0.05) is 23.7 Å². The summed E-state index contributed by atoms with van der Waals surface area (Å²) in [5.41, 5.74) is 2.32. The first kappa shape index (κ1) is 25.0. The lowest BCUT2D eigenvalue weighted by atomic mass is 10.2. The molecule has 0 radical (unpaired) electrons. The Kier molecular flexibility index (Phi) is 7.10. The molecule has 0 fully saturated rings. The van der Waals surface area contributed by atoms with E-state index < -0.39 is 29.5 Å². The van der Waals surface area contributed by atoms with Crippen molar-refractivity contribution in [2.24, 2.45) is 7.05 Å². The predicted octanol–water partition coefficient (Wildman–Crippen LogP) is 4.34. The molecule has 0 saturated carbocycles. The monoisotopic (exact) mass is 498 g/mol. The fourth-order valence-corrected chi connectivity index (χ4v) is 3.35. The first-order valence-corrected chi connectivity index (χ1v) is 10.1. The maximum absolute atomic E-state index is 13.3. The molecule has 180 valence electrons. The number of carbonyl (C=O) groups is 2. The van der Waals surface area contributed by atoms with Gasteiger partial charge in [0.2, 0.25) is 0 Å². The summed E-state index contributed by atoms with van der Waals surface area (Å²) in [6.07, 6.45) is -2.62. The van der Waals surface area contributed by atoms with Gasteiger partial charge in [-0.2, -0.15) is 18.3 Å². The van der Waals surface area contributed by atoms with Crippen molar-refractivity contribution in [3.05, 3.63) is 75.9 Å². The summed E-state index contributed by atoms with van der Waals surface area (Å²) >= 11 is 5.94. The Labute approximate surface area is 196 Å². The number of pyridine rings is 1. The van der Waals surface area contributed by atoms with Crippen molar-refractivity contribution < 1.29 is 27.2 Å². The Bertz CT molecular complexity index is 1210. The number of carbonyl (C=O) groups excluding carboxylic acids is 2. The Morgan fingerprint density at radius 1 is 1.21 bits per heavy atom. The van der Waals surface area contributed by atoms with Crippen molar-refractivity contribution in [2.45, 2.75) is 19.6 Å². The second kappa shape index (κ2) is 9.67. The van der Waals surface area contributed by atoms with E-state index in [1.807, 2.05) is 0 Å². The van der Waals surface area contributed by atoms with Gasteiger partial charge in [0.1, 0.15) is 5.82 Å². The standard InChI is InChI=1S/C21H19ClF4N6O2/c1-12-16(11-30(2)28-12)19(33)32(10-13-4-6-15(23)7-5-13)20(34)29-31(3)18-17(22)8-14(9-27-18)21(24,25)26/h4-9,11H,10H2,1-3H3,(H,29,34). The number of aryl methyl sites for hydroxylation is 2. The van der Waals surface area contributed by atoms with Crippen molar-refractivity contribution in [1.82, 2.24) is 25.1 Å². The molecule has 0 aliphatic rings. The summed E-state index contributed by atoms with van der Waals surface area (Å²) in [6.45, 7) is 1.38. The third-order valence-corrected chi connectivity index (χ3v) is 5.00. The Balaban J connectivity index is 1.88. The minimum atomic E-state index is -4.64. The van der Waals surface area contributed by atoms with Crippen LogP contribution < -0.4 is 10.4 Å². The number of nitrogens with zero attached hydrogens (tertiary/aromatic N) is 5. The molecule has 0 spiro atoms. The normalized spacial score (nSPS) is 11.3. The summed E-state index contributed by atoms with van der Waals surface area (Å²) in [5, 5.41) is 4.73. The quantitative estimate of drug-likeness (QED) is 0.418. The number of rotatable bonds is 5. The molecule has 0 atom stereocenters. The number of benzene rings is 1. The lowest BCUT2D eigenvalue weighted by molar-refractivity contribution is -0.137. The average Bonchev–Trinajstić information content (AvgIpc) is 3.09. The minimum absolute atomic E-state index is 0.160. The first-order valence-electron chi connectivity index (χ1n) is 9.70. The zero-order chi connectivity index (χ0) is 25.2. The van der Waals surface area contributed by atoms with E-state index in [2.05, 4.69) is 15.5 Å². The van der Waals surface area contributed by atoms with E-state index in [4.69, 9.17) is 11.6 Å². The number of alkyl halides is 3. The van der Waals surface area contributed by atoms with Crippen molar-refractivity contribution in [3.63, 3.8) is 0 Å². The largest absolute Gasteiger partial charge is 0.417 e. The molecule has 3 aromatic rings. The van der Waals surface area contributed by atoms with Gasteiger partial charge in [0, 0.05) is 26.5 Å². The molecular weight excluding hydrogens is 480 g/mol. The van der Waals surface area contributed by atoms with Crippen LogP contribution in [0.3, 0.4) is 0 Å². The first-order chi connectivity index (χ1) is 15.9. The Morgan fingerprint density at radius 2 is 1.85 bits per heavy atom. The molecule has 34 heavy (non-hydrogen) atoms. The third kappa shape index (κ3) is 5.63. The molecule has 1 aromatic carbocycles. The molecule has 0 bridgehead atoms. The second-order valence-electron chi connectivity index (χ2n) is 7.32. The van der Waals surface area contributed by atoms with Gasteiger partial charge in [0.05, 0.1) is 28.4 Å². The van der Waals surface area contributed by atoms with E-state index in [0.717, 1.165) is 9.91 Å². The molecule has 3 amide bonds. The number of hydrogen-bond acceptors (Lipinski definition) is 5. The van der Waals surface area contributed by atoms with Gasteiger partial charge in [-0.25, -0.2) is 19.6 Å². The number of halogens is 5. The van der Waals surface area contributed by atoms with E-state index in [1.165, 1.54) is 42.2 Å². The van der Waals surface area contributed by atoms with E-state index in [1.54, 1.807) is 14.0 Å². The Hall–Kier alpha value is -3.67. The van der Waals surface area contributed by atoms with E-state index >= 15 is 0 Å². The number of imide groups is 1. The number of aromatic nitrogens is 3. The highest BCUT2D eigenvalue weighted by atomic mass is 35.5. The number of anilines is 1. The minimum Gasteiger partial charge on any atom is -0.275 e. The molecule has 2 heterocycles. The van der Waals surface area contributed by atoms with Crippen LogP contribution >= 0.6 is 11.6 Å². The van der Waals surface area contributed by atoms with Crippen LogP contribution in [0.1, 0.15) is 27.2 Å². The molecule has 3 rings (SSSR count). The van der Waals surface area contributed by atoms with E-state index in [-0.39, 0.29) is 22.9 Å². The number of urea groups is 1. The molecular formula is C21H19ClF4N6O2. The van der Waals surface area contributed by atoms with Gasteiger partial charge < -0.3 is 0 Å². The summed E-state index contributed by atoms with van der Waals surface area (Å²) in [7, 11) is 2.91. The molecule has 0 saturated heterocycles. The van der Waals surface area contributed by atoms with Crippen molar-refractivity contribution in [1.29, 1.82) is 0 Å². The molecule has 0 aliphatic carbocycles. The maximum Gasteiger partial charge on any atom is 0.417 e. The van der Waals surface area contributed by atoms with Crippen molar-refractivity contribution in [2.75, 3.05) is 12.1 Å². The van der Waals surface area contributed by atoms with Crippen LogP contribution in [-0.2, 0) is 19.8 Å². The molecule has 2 aromatic heterocycles. The summed E-state index contributed by atoms with van der Waals surface area (Å²) in [5.74, 6) is -1.35. The molecule has 1 N–H and O–H groups in total. The SMILES string of the molecule is Cc1nn(C)cc1C(=O)N(Cc1ccc(F)cc1)C(=O)NN(C)c1ncc(C(F)(F)F)cc1Cl. The van der Waals surface area contributed by atoms with Crippen LogP contribution in [0.4, 0.5) is 28.2 Å². The Morgan fingerprint density at radius 3 is 2.38 bits per heavy atom. The molecule has 0 aliphatic heterocycles. The highest BCUT2D eigenvalue weighted by molar-refractivity contribution is 6.33. The van der Waals surface area contributed by atoms with Crippen LogP contribution in [0, 0.1) is 12.7 Å². The topological polar surface area (TPSA) is 83.4 Å². The van der Waals surface area contributed by atoms with Crippen LogP contribution in [0.5, 0.6) is 0 Å². The zero-order valence-corrected chi connectivity index (χ0v) is 18.9. The number of nitrogens with one attached hydrogen (secondary N) is 1. The maximum atomic E-state index is 13.3. The number of hydrazine groups is 1. The number of hydrogen-bond donors (Lipinski definition) is 1. The van der Waals surface area contributed by atoms with Gasteiger partial charge in [0.15, 0.2) is 5.82 Å². The highest BCUT2D eigenvalue weighted by Gasteiger charge is 2.32. The summed E-state index contributed by atoms with van der Waals surface area (Å²) in [6, 6.07) is 4.95. The van der Waals surface area contributed by atoms with Crippen LogP contribution in [0.25, 0.3) is 0 Å². The zero-order valence-electron chi connectivity index (χ0n) is 18.2.